The first kappa shape index (κ1) is 16.4. The molecule has 0 aliphatic carbocycles. The second kappa shape index (κ2) is 7.89. The Balaban J connectivity index is 1.85. The van der Waals surface area contributed by atoms with Crippen LogP contribution < -0.4 is 10.0 Å². The number of ether oxygens (including phenoxy) is 1. The maximum absolute atomic E-state index is 12.2. The van der Waals surface area contributed by atoms with Crippen LogP contribution in [0.15, 0.2) is 29.2 Å². The third kappa shape index (κ3) is 5.07. The topological polar surface area (TPSA) is 67.4 Å². The zero-order valence-corrected chi connectivity index (χ0v) is 13.3. The van der Waals surface area contributed by atoms with Crippen molar-refractivity contribution in [2.24, 2.45) is 0 Å². The molecule has 1 unspecified atom stereocenters. The highest BCUT2D eigenvalue weighted by Crippen LogP contribution is 2.15. The van der Waals surface area contributed by atoms with E-state index in [4.69, 9.17) is 4.74 Å². The predicted octanol–water partition coefficient (Wildman–Crippen LogP) is 1.64. The first-order chi connectivity index (χ1) is 10.1. The zero-order valence-electron chi connectivity index (χ0n) is 12.5. The number of hydrogen-bond donors (Lipinski definition) is 2. The van der Waals surface area contributed by atoms with Crippen molar-refractivity contribution in [1.29, 1.82) is 0 Å². The summed E-state index contributed by atoms with van der Waals surface area (Å²) in [6.07, 6.45) is 3.04. The van der Waals surface area contributed by atoms with Crippen LogP contribution in [0.2, 0.25) is 0 Å². The Morgan fingerprint density at radius 2 is 2.05 bits per heavy atom. The van der Waals surface area contributed by atoms with Crippen molar-refractivity contribution in [2.45, 2.75) is 43.7 Å². The van der Waals surface area contributed by atoms with Gasteiger partial charge in [0.2, 0.25) is 10.0 Å². The van der Waals surface area contributed by atoms with E-state index in [2.05, 4.69) is 10.0 Å². The maximum Gasteiger partial charge on any atom is 0.240 e. The molecule has 1 saturated heterocycles. The molecule has 0 radical (unpaired) electrons. The van der Waals surface area contributed by atoms with E-state index in [1.54, 1.807) is 12.1 Å². The molecule has 1 fully saturated rings. The highest BCUT2D eigenvalue weighted by atomic mass is 32.2. The summed E-state index contributed by atoms with van der Waals surface area (Å²) in [4.78, 5) is 0.315. The quantitative estimate of drug-likeness (QED) is 0.766. The minimum atomic E-state index is -3.42. The molecule has 1 aliphatic rings. The van der Waals surface area contributed by atoms with E-state index < -0.39 is 10.0 Å². The number of sulfonamides is 1. The van der Waals surface area contributed by atoms with Crippen LogP contribution in [0.25, 0.3) is 0 Å². The number of hydrogen-bond acceptors (Lipinski definition) is 4. The molecule has 0 amide bonds. The summed E-state index contributed by atoms with van der Waals surface area (Å²) in [6.45, 7) is 4.90. The van der Waals surface area contributed by atoms with E-state index in [1.165, 1.54) is 0 Å². The normalized spacial score (nSPS) is 19.0. The third-order valence-electron chi connectivity index (χ3n) is 3.60. The Morgan fingerprint density at radius 3 is 2.67 bits per heavy atom. The number of benzene rings is 1. The summed E-state index contributed by atoms with van der Waals surface area (Å²) in [5.74, 6) is 0. The summed E-state index contributed by atoms with van der Waals surface area (Å²) in [7, 11) is -3.42. The molecule has 0 saturated carbocycles. The van der Waals surface area contributed by atoms with Crippen molar-refractivity contribution in [1.82, 2.24) is 10.0 Å². The molecule has 1 atom stereocenters. The fraction of sp³-hybridized carbons (Fsp3) is 0.600. The van der Waals surface area contributed by atoms with Crippen molar-refractivity contribution in [2.75, 3.05) is 19.7 Å². The van der Waals surface area contributed by atoms with E-state index >= 15 is 0 Å². The van der Waals surface area contributed by atoms with Gasteiger partial charge >= 0.3 is 0 Å². The first-order valence-corrected chi connectivity index (χ1v) is 9.01. The Bertz CT molecular complexity index is 522. The molecule has 2 N–H and O–H groups in total. The van der Waals surface area contributed by atoms with Gasteiger partial charge in [-0.25, -0.2) is 13.1 Å². The molecule has 0 bridgehead atoms. The van der Waals surface area contributed by atoms with Gasteiger partial charge in [-0.3, -0.25) is 0 Å². The summed E-state index contributed by atoms with van der Waals surface area (Å²) in [5.41, 5.74) is 1.08. The van der Waals surface area contributed by atoms with Gasteiger partial charge in [0, 0.05) is 19.7 Å². The van der Waals surface area contributed by atoms with Gasteiger partial charge in [0.15, 0.2) is 0 Å². The molecular weight excluding hydrogens is 288 g/mol. The van der Waals surface area contributed by atoms with Crippen molar-refractivity contribution >= 4 is 10.0 Å². The monoisotopic (exact) mass is 312 g/mol. The second-order valence-electron chi connectivity index (χ2n) is 5.25. The van der Waals surface area contributed by atoms with Crippen LogP contribution >= 0.6 is 0 Å². The van der Waals surface area contributed by atoms with E-state index in [-0.39, 0.29) is 6.10 Å². The molecular formula is C15H24N2O3S. The Hall–Kier alpha value is -0.950. The molecule has 1 aromatic carbocycles. The molecule has 118 valence electrons. The lowest BCUT2D eigenvalue weighted by atomic mass is 10.2. The molecule has 1 heterocycles. The Labute approximate surface area is 127 Å². The second-order valence-corrected chi connectivity index (χ2v) is 7.01. The zero-order chi connectivity index (χ0) is 15.1. The summed E-state index contributed by atoms with van der Waals surface area (Å²) >= 11 is 0. The van der Waals surface area contributed by atoms with E-state index in [9.17, 15) is 8.42 Å². The van der Waals surface area contributed by atoms with Gasteiger partial charge in [0.05, 0.1) is 11.0 Å². The lowest BCUT2D eigenvalue weighted by Crippen LogP contribution is -2.27. The van der Waals surface area contributed by atoms with Crippen LogP contribution in [0.3, 0.4) is 0 Å². The van der Waals surface area contributed by atoms with Crippen molar-refractivity contribution in [3.63, 3.8) is 0 Å². The van der Waals surface area contributed by atoms with Gasteiger partial charge in [-0.2, -0.15) is 0 Å². The van der Waals surface area contributed by atoms with Crippen LogP contribution in [0.4, 0.5) is 0 Å². The summed E-state index contributed by atoms with van der Waals surface area (Å²) in [6, 6.07) is 7.00. The van der Waals surface area contributed by atoms with Gasteiger partial charge < -0.3 is 10.1 Å². The molecule has 1 aliphatic heterocycles. The van der Waals surface area contributed by atoms with Gasteiger partial charge in [-0.15, -0.1) is 0 Å². The SMILES string of the molecule is CCNCc1ccc(S(=O)(=O)NCCC2CCCO2)cc1. The third-order valence-corrected chi connectivity index (χ3v) is 5.07. The van der Waals surface area contributed by atoms with Crippen LogP contribution in [-0.4, -0.2) is 34.2 Å². The van der Waals surface area contributed by atoms with Crippen LogP contribution in [0.5, 0.6) is 0 Å². The standard InChI is InChI=1S/C15H24N2O3S/c1-2-16-12-13-5-7-15(8-6-13)21(18,19)17-10-9-14-4-3-11-20-14/h5-8,14,16-17H,2-4,9-12H2,1H3. The van der Waals surface area contributed by atoms with Gasteiger partial charge in [0.25, 0.3) is 0 Å². The fourth-order valence-electron chi connectivity index (χ4n) is 2.37. The Morgan fingerprint density at radius 1 is 1.29 bits per heavy atom. The maximum atomic E-state index is 12.2. The predicted molar refractivity (Wildman–Crippen MR) is 82.6 cm³/mol. The smallest absolute Gasteiger partial charge is 0.240 e. The number of nitrogens with one attached hydrogen (secondary N) is 2. The lowest BCUT2D eigenvalue weighted by molar-refractivity contribution is 0.105. The molecule has 0 aromatic heterocycles. The van der Waals surface area contributed by atoms with E-state index in [1.807, 2.05) is 19.1 Å². The number of rotatable bonds is 8. The van der Waals surface area contributed by atoms with Gasteiger partial charge in [-0.05, 0) is 43.5 Å². The summed E-state index contributed by atoms with van der Waals surface area (Å²) in [5, 5.41) is 3.21. The Kier molecular flexibility index (Phi) is 6.17. The fourth-order valence-corrected chi connectivity index (χ4v) is 3.41. The average molecular weight is 312 g/mol. The molecule has 1 aromatic rings. The molecule has 6 heteroatoms. The van der Waals surface area contributed by atoms with Crippen LogP contribution in [0.1, 0.15) is 31.7 Å². The van der Waals surface area contributed by atoms with E-state index in [0.29, 0.717) is 11.4 Å². The van der Waals surface area contributed by atoms with Crippen LogP contribution in [0, 0.1) is 0 Å². The van der Waals surface area contributed by atoms with Gasteiger partial charge in [-0.1, -0.05) is 19.1 Å². The molecule has 2 rings (SSSR count). The average Bonchev–Trinajstić information content (AvgIpc) is 2.98. The van der Waals surface area contributed by atoms with Gasteiger partial charge in [0.1, 0.15) is 0 Å². The van der Waals surface area contributed by atoms with E-state index in [0.717, 1.165) is 44.5 Å². The molecule has 0 spiro atoms. The first-order valence-electron chi connectivity index (χ1n) is 7.53. The highest BCUT2D eigenvalue weighted by molar-refractivity contribution is 7.89. The molecule has 21 heavy (non-hydrogen) atoms. The lowest BCUT2D eigenvalue weighted by Gasteiger charge is -2.11. The van der Waals surface area contributed by atoms with Crippen LogP contribution in [-0.2, 0) is 21.3 Å². The molecule has 5 nitrogen and oxygen atoms in total. The minimum absolute atomic E-state index is 0.204. The van der Waals surface area contributed by atoms with Crippen molar-refractivity contribution in [3.8, 4) is 0 Å². The van der Waals surface area contributed by atoms with Crippen molar-refractivity contribution in [3.05, 3.63) is 29.8 Å². The van der Waals surface area contributed by atoms with Crippen molar-refractivity contribution < 1.29 is 13.2 Å². The highest BCUT2D eigenvalue weighted by Gasteiger charge is 2.18. The largest absolute Gasteiger partial charge is 0.378 e. The summed E-state index contributed by atoms with van der Waals surface area (Å²) < 4.78 is 32.5. The minimum Gasteiger partial charge on any atom is -0.378 e.